The van der Waals surface area contributed by atoms with Crippen molar-refractivity contribution >= 4 is 0 Å². The lowest BCUT2D eigenvalue weighted by atomic mass is 10.2. The summed E-state index contributed by atoms with van der Waals surface area (Å²) in [6, 6.07) is 5.82. The first-order valence-corrected chi connectivity index (χ1v) is 5.79. The zero-order valence-electron chi connectivity index (χ0n) is 10.2. The van der Waals surface area contributed by atoms with Crippen LogP contribution in [0, 0.1) is 11.6 Å². The summed E-state index contributed by atoms with van der Waals surface area (Å²) in [4.78, 5) is 0. The van der Waals surface area contributed by atoms with Crippen LogP contribution < -0.4 is 5.32 Å². The minimum Gasteiger partial charge on any atom is -0.312 e. The minimum atomic E-state index is -0.511. The molecule has 3 nitrogen and oxygen atoms in total. The highest BCUT2D eigenvalue weighted by Gasteiger charge is 2.07. The van der Waals surface area contributed by atoms with Crippen LogP contribution in [0.5, 0.6) is 0 Å². The van der Waals surface area contributed by atoms with Gasteiger partial charge in [0.1, 0.15) is 11.6 Å². The summed E-state index contributed by atoms with van der Waals surface area (Å²) in [5, 5.41) is 7.08. The van der Waals surface area contributed by atoms with Gasteiger partial charge in [0, 0.05) is 44.0 Å². The van der Waals surface area contributed by atoms with Gasteiger partial charge in [-0.1, -0.05) is 6.07 Å². The molecule has 1 aromatic heterocycles. The van der Waals surface area contributed by atoms with E-state index in [1.807, 2.05) is 13.1 Å². The average molecular weight is 251 g/mol. The Bertz CT molecular complexity index is 502. The highest BCUT2D eigenvalue weighted by atomic mass is 19.1. The van der Waals surface area contributed by atoms with Crippen LogP contribution in [0.3, 0.4) is 0 Å². The average Bonchev–Trinajstić information content (AvgIpc) is 2.73. The fourth-order valence-electron chi connectivity index (χ4n) is 1.78. The number of benzene rings is 1. The first kappa shape index (κ1) is 12.7. The van der Waals surface area contributed by atoms with Gasteiger partial charge in [-0.2, -0.15) is 5.10 Å². The Kier molecular flexibility index (Phi) is 4.04. The Balaban J connectivity index is 1.84. The fourth-order valence-corrected chi connectivity index (χ4v) is 1.78. The lowest BCUT2D eigenvalue weighted by molar-refractivity contribution is 0.534. The molecule has 0 saturated carbocycles. The number of rotatable bonds is 5. The molecule has 0 bridgehead atoms. The Hall–Kier alpha value is -1.75. The zero-order chi connectivity index (χ0) is 13.0. The highest BCUT2D eigenvalue weighted by Crippen LogP contribution is 2.11. The predicted octanol–water partition coefficient (Wildman–Crippen LogP) is 2.03. The van der Waals surface area contributed by atoms with Gasteiger partial charge in [-0.25, -0.2) is 8.78 Å². The van der Waals surface area contributed by atoms with Crippen molar-refractivity contribution in [2.45, 2.75) is 13.0 Å². The van der Waals surface area contributed by atoms with Gasteiger partial charge in [0.15, 0.2) is 0 Å². The highest BCUT2D eigenvalue weighted by molar-refractivity contribution is 5.19. The van der Waals surface area contributed by atoms with E-state index in [1.165, 1.54) is 18.2 Å². The van der Waals surface area contributed by atoms with Gasteiger partial charge >= 0.3 is 0 Å². The molecule has 0 aliphatic carbocycles. The van der Waals surface area contributed by atoms with Crippen molar-refractivity contribution in [1.82, 2.24) is 15.1 Å². The van der Waals surface area contributed by atoms with Crippen LogP contribution in [0.25, 0.3) is 0 Å². The minimum absolute atomic E-state index is 0.0857. The van der Waals surface area contributed by atoms with Crippen molar-refractivity contribution in [3.05, 3.63) is 53.4 Å². The van der Waals surface area contributed by atoms with Crippen molar-refractivity contribution in [1.29, 1.82) is 0 Å². The van der Waals surface area contributed by atoms with Crippen LogP contribution in [-0.2, 0) is 20.0 Å². The number of hydrogen-bond acceptors (Lipinski definition) is 2. The largest absolute Gasteiger partial charge is 0.312 e. The number of hydrogen-bond donors (Lipinski definition) is 1. The van der Waals surface area contributed by atoms with E-state index >= 15 is 0 Å². The summed E-state index contributed by atoms with van der Waals surface area (Å²) < 4.78 is 28.4. The van der Waals surface area contributed by atoms with Crippen molar-refractivity contribution < 1.29 is 8.78 Å². The number of halogens is 2. The molecule has 0 aliphatic heterocycles. The third-order valence-electron chi connectivity index (χ3n) is 2.84. The molecular formula is C13H15F2N3. The SMILES string of the molecule is Cn1nccc1CCNCc1c(F)cccc1F. The molecule has 18 heavy (non-hydrogen) atoms. The van der Waals surface area contributed by atoms with Crippen molar-refractivity contribution in [2.75, 3.05) is 6.54 Å². The molecule has 0 fully saturated rings. The molecule has 2 aromatic rings. The molecule has 0 amide bonds. The third-order valence-corrected chi connectivity index (χ3v) is 2.84. The van der Waals surface area contributed by atoms with Gasteiger partial charge in [-0.3, -0.25) is 4.68 Å². The Labute approximate surface area is 104 Å². The maximum Gasteiger partial charge on any atom is 0.130 e. The van der Waals surface area contributed by atoms with E-state index in [1.54, 1.807) is 10.9 Å². The van der Waals surface area contributed by atoms with Gasteiger partial charge in [0.25, 0.3) is 0 Å². The monoisotopic (exact) mass is 251 g/mol. The maximum absolute atomic E-state index is 13.3. The predicted molar refractivity (Wildman–Crippen MR) is 65.0 cm³/mol. The molecule has 0 aliphatic rings. The number of aryl methyl sites for hydroxylation is 1. The Morgan fingerprint density at radius 1 is 1.22 bits per heavy atom. The van der Waals surface area contributed by atoms with E-state index in [2.05, 4.69) is 10.4 Å². The number of nitrogens with zero attached hydrogens (tertiary/aromatic N) is 2. The second-order valence-corrected chi connectivity index (χ2v) is 4.07. The van der Waals surface area contributed by atoms with E-state index in [4.69, 9.17) is 0 Å². The molecule has 1 heterocycles. The second kappa shape index (κ2) is 5.73. The first-order valence-electron chi connectivity index (χ1n) is 5.79. The maximum atomic E-state index is 13.3. The van der Waals surface area contributed by atoms with E-state index < -0.39 is 11.6 Å². The van der Waals surface area contributed by atoms with E-state index in [0.717, 1.165) is 12.1 Å². The molecule has 0 atom stereocenters. The Morgan fingerprint density at radius 2 is 1.94 bits per heavy atom. The smallest absolute Gasteiger partial charge is 0.130 e. The fraction of sp³-hybridized carbons (Fsp3) is 0.308. The summed E-state index contributed by atoms with van der Waals surface area (Å²) in [5.74, 6) is -1.02. The topological polar surface area (TPSA) is 29.9 Å². The quantitative estimate of drug-likeness (QED) is 0.824. The van der Waals surface area contributed by atoms with Crippen LogP contribution >= 0.6 is 0 Å². The van der Waals surface area contributed by atoms with Crippen molar-refractivity contribution in [3.8, 4) is 0 Å². The van der Waals surface area contributed by atoms with Gasteiger partial charge in [-0.05, 0) is 18.2 Å². The van der Waals surface area contributed by atoms with E-state index in [9.17, 15) is 8.78 Å². The van der Waals surface area contributed by atoms with E-state index in [-0.39, 0.29) is 12.1 Å². The molecule has 0 spiro atoms. The molecule has 0 radical (unpaired) electrons. The lowest BCUT2D eigenvalue weighted by Crippen LogP contribution is -2.19. The van der Waals surface area contributed by atoms with Crippen LogP contribution in [-0.4, -0.2) is 16.3 Å². The summed E-state index contributed by atoms with van der Waals surface area (Å²) in [7, 11) is 1.87. The molecule has 96 valence electrons. The molecule has 0 unspecified atom stereocenters. The lowest BCUT2D eigenvalue weighted by Gasteiger charge is -2.07. The zero-order valence-corrected chi connectivity index (χ0v) is 10.2. The molecule has 1 aromatic carbocycles. The van der Waals surface area contributed by atoms with Crippen molar-refractivity contribution in [2.24, 2.45) is 7.05 Å². The van der Waals surface area contributed by atoms with Crippen molar-refractivity contribution in [3.63, 3.8) is 0 Å². The van der Waals surface area contributed by atoms with Crippen LogP contribution in [0.15, 0.2) is 30.5 Å². The van der Waals surface area contributed by atoms with Gasteiger partial charge < -0.3 is 5.32 Å². The Morgan fingerprint density at radius 3 is 2.56 bits per heavy atom. The van der Waals surface area contributed by atoms with Gasteiger partial charge in [0.2, 0.25) is 0 Å². The standard InChI is InChI=1S/C13H15F2N3/c1-18-10(6-8-17-18)5-7-16-9-11-12(14)3-2-4-13(11)15/h2-4,6,8,16H,5,7,9H2,1H3. The number of nitrogens with one attached hydrogen (secondary N) is 1. The summed E-state index contributed by atoms with van der Waals surface area (Å²) >= 11 is 0. The first-order chi connectivity index (χ1) is 8.68. The normalized spacial score (nSPS) is 10.8. The molecule has 1 N–H and O–H groups in total. The van der Waals surface area contributed by atoms with E-state index in [0.29, 0.717) is 6.54 Å². The van der Waals surface area contributed by atoms with Crippen LogP contribution in [0.4, 0.5) is 8.78 Å². The third kappa shape index (κ3) is 2.92. The molecule has 2 rings (SSSR count). The molecular weight excluding hydrogens is 236 g/mol. The summed E-state index contributed by atoms with van der Waals surface area (Å²) in [6.07, 6.45) is 2.50. The van der Waals surface area contributed by atoms with Gasteiger partial charge in [-0.15, -0.1) is 0 Å². The second-order valence-electron chi connectivity index (χ2n) is 4.07. The van der Waals surface area contributed by atoms with Crippen LogP contribution in [0.2, 0.25) is 0 Å². The summed E-state index contributed by atoms with van der Waals surface area (Å²) in [6.45, 7) is 0.837. The number of aromatic nitrogens is 2. The molecule has 0 saturated heterocycles. The molecule has 5 heteroatoms. The van der Waals surface area contributed by atoms with Gasteiger partial charge in [0.05, 0.1) is 0 Å². The van der Waals surface area contributed by atoms with Crippen LogP contribution in [0.1, 0.15) is 11.3 Å². The summed E-state index contributed by atoms with van der Waals surface area (Å²) in [5.41, 5.74) is 1.17.